The minimum Gasteiger partial charge on any atom is -0.497 e. The summed E-state index contributed by atoms with van der Waals surface area (Å²) in [7, 11) is 1.61. The van der Waals surface area contributed by atoms with E-state index in [0.717, 1.165) is 29.0 Å². The van der Waals surface area contributed by atoms with Crippen molar-refractivity contribution in [2.24, 2.45) is 0 Å². The van der Waals surface area contributed by atoms with E-state index in [4.69, 9.17) is 14.2 Å². The minimum absolute atomic E-state index is 0.177. The summed E-state index contributed by atoms with van der Waals surface area (Å²) < 4.78 is 16.6. The van der Waals surface area contributed by atoms with Gasteiger partial charge in [0, 0.05) is 29.9 Å². The molecule has 1 heterocycles. The Hall–Kier alpha value is -4.39. The van der Waals surface area contributed by atoms with Gasteiger partial charge < -0.3 is 19.5 Å². The molecule has 35 heavy (non-hydrogen) atoms. The molecule has 1 N–H and O–H groups in total. The highest BCUT2D eigenvalue weighted by atomic mass is 16.5. The third-order valence-electron chi connectivity index (χ3n) is 5.14. The fourth-order valence-electron chi connectivity index (χ4n) is 3.31. The van der Waals surface area contributed by atoms with Gasteiger partial charge >= 0.3 is 0 Å². The van der Waals surface area contributed by atoms with Crippen LogP contribution in [-0.2, 0) is 6.54 Å². The fraction of sp³-hybridized carbons (Fsp3) is 0.179. The highest BCUT2D eigenvalue weighted by molar-refractivity contribution is 5.95. The summed E-state index contributed by atoms with van der Waals surface area (Å²) in [5, 5.41) is 2.95. The van der Waals surface area contributed by atoms with E-state index in [0.29, 0.717) is 36.2 Å². The van der Waals surface area contributed by atoms with Gasteiger partial charge in [-0.25, -0.2) is 4.98 Å². The van der Waals surface area contributed by atoms with E-state index in [1.807, 2.05) is 48.5 Å². The van der Waals surface area contributed by atoms with Crippen LogP contribution >= 0.6 is 0 Å². The van der Waals surface area contributed by atoms with E-state index < -0.39 is 0 Å². The largest absolute Gasteiger partial charge is 0.497 e. The number of benzene rings is 3. The molecule has 0 unspecified atom stereocenters. The number of hydrogen-bond acceptors (Lipinski definition) is 6. The van der Waals surface area contributed by atoms with Crippen LogP contribution in [0, 0.1) is 0 Å². The molecule has 3 aromatic carbocycles. The maximum atomic E-state index is 12.8. The van der Waals surface area contributed by atoms with Crippen LogP contribution in [0.15, 0.2) is 85.1 Å². The molecule has 4 rings (SSSR count). The van der Waals surface area contributed by atoms with Crippen molar-refractivity contribution < 1.29 is 19.0 Å². The van der Waals surface area contributed by atoms with Crippen molar-refractivity contribution in [1.82, 2.24) is 15.3 Å². The fourth-order valence-corrected chi connectivity index (χ4v) is 3.31. The summed E-state index contributed by atoms with van der Waals surface area (Å²) >= 11 is 0. The highest BCUT2D eigenvalue weighted by Gasteiger charge is 2.10. The minimum atomic E-state index is -0.177. The van der Waals surface area contributed by atoms with Crippen molar-refractivity contribution in [2.45, 2.75) is 19.9 Å². The first kappa shape index (κ1) is 23.8. The second kappa shape index (κ2) is 11.7. The molecular weight excluding hydrogens is 442 g/mol. The van der Waals surface area contributed by atoms with Gasteiger partial charge in [-0.3, -0.25) is 4.79 Å². The van der Waals surface area contributed by atoms with E-state index in [9.17, 15) is 4.79 Å². The van der Waals surface area contributed by atoms with Gasteiger partial charge in [-0.05, 0) is 60.5 Å². The van der Waals surface area contributed by atoms with Crippen LogP contribution in [0.2, 0.25) is 0 Å². The van der Waals surface area contributed by atoms with E-state index in [2.05, 4.69) is 22.2 Å². The molecule has 0 saturated carbocycles. The topological polar surface area (TPSA) is 82.6 Å². The van der Waals surface area contributed by atoms with Gasteiger partial charge in [0.2, 0.25) is 5.88 Å². The number of hydrogen-bond donors (Lipinski definition) is 1. The number of aromatic nitrogens is 2. The quantitative estimate of drug-likeness (QED) is 0.323. The number of nitrogens with zero attached hydrogens (tertiary/aromatic N) is 2. The normalized spacial score (nSPS) is 10.5. The lowest BCUT2D eigenvalue weighted by Gasteiger charge is -2.09. The average molecular weight is 470 g/mol. The zero-order valence-electron chi connectivity index (χ0n) is 19.7. The van der Waals surface area contributed by atoms with Gasteiger partial charge in [-0.2, -0.15) is 4.98 Å². The Labute approximate surface area is 204 Å². The Bertz CT molecular complexity index is 1260. The number of amides is 1. The smallest absolute Gasteiger partial charge is 0.251 e. The number of carbonyl (C=O) groups excluding carboxylic acids is 1. The van der Waals surface area contributed by atoms with Crippen LogP contribution < -0.4 is 19.5 Å². The average Bonchev–Trinajstić information content (AvgIpc) is 2.92. The monoisotopic (exact) mass is 469 g/mol. The predicted molar refractivity (Wildman–Crippen MR) is 134 cm³/mol. The second-order valence-electron chi connectivity index (χ2n) is 7.75. The summed E-state index contributed by atoms with van der Waals surface area (Å²) in [6.45, 7) is 3.17. The maximum absolute atomic E-state index is 12.8. The Morgan fingerprint density at radius 1 is 0.914 bits per heavy atom. The molecule has 0 aliphatic carbocycles. The summed E-state index contributed by atoms with van der Waals surface area (Å²) in [6, 6.07) is 23.8. The van der Waals surface area contributed by atoms with Crippen LogP contribution in [0.5, 0.6) is 23.1 Å². The first-order valence-electron chi connectivity index (χ1n) is 11.4. The van der Waals surface area contributed by atoms with Crippen molar-refractivity contribution in [3.63, 3.8) is 0 Å². The van der Waals surface area contributed by atoms with E-state index in [-0.39, 0.29) is 5.91 Å². The number of methoxy groups -OCH3 is 1. The standard InChI is InChI=1S/C28H27N3O4/c1-3-17-34-24-9-7-20(8-10-24)19-30-28(32)22-6-4-5-21(18-22)27-29-16-15-26(31-27)35-25-13-11-23(33-2)12-14-25/h4-16,18H,3,17,19H2,1-2H3,(H,30,32). The lowest BCUT2D eigenvalue weighted by molar-refractivity contribution is 0.0951. The van der Waals surface area contributed by atoms with E-state index in [1.165, 1.54) is 0 Å². The van der Waals surface area contributed by atoms with Gasteiger partial charge in [-0.15, -0.1) is 0 Å². The summed E-state index contributed by atoms with van der Waals surface area (Å²) in [4.78, 5) is 21.6. The van der Waals surface area contributed by atoms with Gasteiger partial charge in [0.05, 0.1) is 13.7 Å². The lowest BCUT2D eigenvalue weighted by Crippen LogP contribution is -2.22. The third kappa shape index (κ3) is 6.57. The highest BCUT2D eigenvalue weighted by Crippen LogP contribution is 2.24. The van der Waals surface area contributed by atoms with Crippen molar-refractivity contribution in [3.8, 4) is 34.5 Å². The Morgan fingerprint density at radius 2 is 1.66 bits per heavy atom. The molecule has 0 aliphatic heterocycles. The molecule has 0 aliphatic rings. The van der Waals surface area contributed by atoms with Crippen molar-refractivity contribution >= 4 is 5.91 Å². The van der Waals surface area contributed by atoms with Gasteiger partial charge in [0.25, 0.3) is 5.91 Å². The zero-order chi connectivity index (χ0) is 24.5. The molecule has 0 atom stereocenters. The molecule has 1 aromatic heterocycles. The molecule has 0 fully saturated rings. The van der Waals surface area contributed by atoms with E-state index in [1.54, 1.807) is 43.6 Å². The molecule has 0 bridgehead atoms. The van der Waals surface area contributed by atoms with Crippen LogP contribution in [0.4, 0.5) is 0 Å². The van der Waals surface area contributed by atoms with Crippen LogP contribution in [0.25, 0.3) is 11.4 Å². The summed E-state index contributed by atoms with van der Waals surface area (Å²) in [5.41, 5.74) is 2.23. The Kier molecular flexibility index (Phi) is 7.91. The first-order chi connectivity index (χ1) is 17.1. The maximum Gasteiger partial charge on any atom is 0.251 e. The Balaban J connectivity index is 1.40. The van der Waals surface area contributed by atoms with Gasteiger partial charge in [0.1, 0.15) is 17.2 Å². The van der Waals surface area contributed by atoms with Crippen molar-refractivity contribution in [2.75, 3.05) is 13.7 Å². The number of ether oxygens (including phenoxy) is 3. The molecule has 7 nitrogen and oxygen atoms in total. The second-order valence-corrected chi connectivity index (χ2v) is 7.75. The first-order valence-corrected chi connectivity index (χ1v) is 11.4. The summed E-state index contributed by atoms with van der Waals surface area (Å²) in [6.07, 6.45) is 2.59. The molecule has 0 radical (unpaired) electrons. The molecule has 4 aromatic rings. The zero-order valence-corrected chi connectivity index (χ0v) is 19.7. The number of rotatable bonds is 10. The molecule has 1 amide bonds. The summed E-state index contributed by atoms with van der Waals surface area (Å²) in [5.74, 6) is 2.90. The number of nitrogens with one attached hydrogen (secondary N) is 1. The molecule has 0 spiro atoms. The van der Waals surface area contributed by atoms with Gasteiger partial charge in [0.15, 0.2) is 5.82 Å². The van der Waals surface area contributed by atoms with Crippen LogP contribution in [0.1, 0.15) is 29.3 Å². The van der Waals surface area contributed by atoms with E-state index >= 15 is 0 Å². The Morgan fingerprint density at radius 3 is 2.40 bits per heavy atom. The predicted octanol–water partition coefficient (Wildman–Crippen LogP) is 5.66. The lowest BCUT2D eigenvalue weighted by atomic mass is 10.1. The molecule has 7 heteroatoms. The third-order valence-corrected chi connectivity index (χ3v) is 5.14. The van der Waals surface area contributed by atoms with Gasteiger partial charge in [-0.1, -0.05) is 31.2 Å². The van der Waals surface area contributed by atoms with Crippen molar-refractivity contribution in [1.29, 1.82) is 0 Å². The van der Waals surface area contributed by atoms with Crippen LogP contribution in [0.3, 0.4) is 0 Å². The SMILES string of the molecule is CCCOc1ccc(CNC(=O)c2cccc(-c3nccc(Oc4ccc(OC)cc4)n3)c2)cc1. The molecule has 178 valence electrons. The van der Waals surface area contributed by atoms with Crippen molar-refractivity contribution in [3.05, 3.63) is 96.2 Å². The molecule has 0 saturated heterocycles. The molecular formula is C28H27N3O4. The number of carbonyl (C=O) groups is 1. The van der Waals surface area contributed by atoms with Crippen LogP contribution in [-0.4, -0.2) is 29.6 Å².